The average molecular weight is 670 g/mol. The molecule has 1 aromatic rings. The van der Waals surface area contributed by atoms with Crippen molar-refractivity contribution >= 4 is 11.9 Å². The first kappa shape index (κ1) is 42.8. The number of hydrogen-bond acceptors (Lipinski definition) is 7. The minimum Gasteiger partial charge on any atom is -0.462 e. The fourth-order valence-corrected chi connectivity index (χ4v) is 5.69. The minimum atomic E-state index is -0.534. The highest BCUT2D eigenvalue weighted by Gasteiger charge is 2.21. The Balaban J connectivity index is 2.74. The van der Waals surface area contributed by atoms with E-state index in [1.807, 2.05) is 4.90 Å². The van der Waals surface area contributed by atoms with E-state index in [0.29, 0.717) is 32.8 Å². The van der Waals surface area contributed by atoms with Crippen molar-refractivity contribution in [2.45, 2.75) is 149 Å². The highest BCUT2D eigenvalue weighted by molar-refractivity contribution is 6.03. The summed E-state index contributed by atoms with van der Waals surface area (Å²) < 4.78 is 11.3. The Labute approximate surface area is 289 Å². The van der Waals surface area contributed by atoms with E-state index in [2.05, 4.69) is 33.9 Å². The highest BCUT2D eigenvalue weighted by Crippen LogP contribution is 2.19. The lowest BCUT2D eigenvalue weighted by molar-refractivity contribution is 0.0450. The van der Waals surface area contributed by atoms with Crippen LogP contribution in [-0.2, 0) is 16.0 Å². The van der Waals surface area contributed by atoms with Crippen LogP contribution in [0.5, 0.6) is 0 Å². The van der Waals surface area contributed by atoms with Crippen LogP contribution in [0.4, 0.5) is 0 Å². The third kappa shape index (κ3) is 22.3. The summed E-state index contributed by atoms with van der Waals surface area (Å²) in [5, 5.41) is 7.23. The van der Waals surface area contributed by atoms with Gasteiger partial charge in [-0.3, -0.25) is 4.90 Å². The van der Waals surface area contributed by atoms with E-state index in [-0.39, 0.29) is 24.2 Å². The number of carbonyl (C=O) groups is 2. The molecule has 48 heavy (non-hydrogen) atoms. The zero-order chi connectivity index (χ0) is 34.9. The smallest absolute Gasteiger partial charge is 0.339 e. The van der Waals surface area contributed by atoms with E-state index >= 15 is 0 Å². The normalized spacial score (nSPS) is 10.8. The van der Waals surface area contributed by atoms with Gasteiger partial charge in [-0.2, -0.15) is 0 Å². The Bertz CT molecular complexity index is 1070. The second-order valence-corrected chi connectivity index (χ2v) is 12.7. The summed E-state index contributed by atoms with van der Waals surface area (Å²) in [6, 6.07) is 5.11. The van der Waals surface area contributed by atoms with Gasteiger partial charge in [0.05, 0.1) is 24.3 Å². The first-order valence-corrected chi connectivity index (χ1v) is 18.8. The second-order valence-electron chi connectivity index (χ2n) is 12.7. The Morgan fingerprint density at radius 1 is 0.604 bits per heavy atom. The number of hydrogen-bond donors (Lipinski definition) is 0. The molecule has 0 aliphatic rings. The van der Waals surface area contributed by atoms with Crippen LogP contribution in [0.25, 0.3) is 20.9 Å². The Hall–Kier alpha value is -3.26. The van der Waals surface area contributed by atoms with Gasteiger partial charge in [-0.25, -0.2) is 9.59 Å². The molecule has 0 bridgehead atoms. The summed E-state index contributed by atoms with van der Waals surface area (Å²) in [5.41, 5.74) is 18.5. The predicted octanol–water partition coefficient (Wildman–Crippen LogP) is 11.3. The number of carbonyl (C=O) groups excluding carboxylic acids is 2. The van der Waals surface area contributed by atoms with Crippen LogP contribution in [0.1, 0.15) is 169 Å². The van der Waals surface area contributed by atoms with Crippen LogP contribution in [0.15, 0.2) is 28.4 Å². The number of rotatable bonds is 32. The van der Waals surface area contributed by atoms with Gasteiger partial charge < -0.3 is 9.47 Å². The highest BCUT2D eigenvalue weighted by atomic mass is 16.5. The number of unbranched alkanes of at least 4 members (excludes halogenated alkanes) is 18. The van der Waals surface area contributed by atoms with E-state index < -0.39 is 11.9 Å². The molecule has 0 N–H and O–H groups in total. The maximum absolute atomic E-state index is 13.3. The summed E-state index contributed by atoms with van der Waals surface area (Å²) >= 11 is 0. The summed E-state index contributed by atoms with van der Waals surface area (Å²) in [7, 11) is 0. The fourth-order valence-electron chi connectivity index (χ4n) is 5.69. The van der Waals surface area contributed by atoms with Gasteiger partial charge in [0.25, 0.3) is 0 Å². The Kier molecular flexibility index (Phi) is 27.6. The molecular formula is C37H63N7O4. The van der Waals surface area contributed by atoms with Gasteiger partial charge in [0.1, 0.15) is 0 Å². The van der Waals surface area contributed by atoms with E-state index in [9.17, 15) is 9.59 Å². The molecule has 0 aliphatic carbocycles. The van der Waals surface area contributed by atoms with Crippen molar-refractivity contribution in [3.8, 4) is 0 Å². The summed E-state index contributed by atoms with van der Waals surface area (Å²) in [5.74, 6) is -1.06. The van der Waals surface area contributed by atoms with Gasteiger partial charge in [-0.05, 0) is 41.6 Å². The van der Waals surface area contributed by atoms with E-state index in [4.69, 9.17) is 20.5 Å². The molecule has 0 unspecified atom stereocenters. The molecule has 0 saturated heterocycles. The van der Waals surface area contributed by atoms with Crippen molar-refractivity contribution in [3.63, 3.8) is 0 Å². The summed E-state index contributed by atoms with van der Waals surface area (Å²) in [6.07, 6.45) is 23.8. The first-order chi connectivity index (χ1) is 23.6. The lowest BCUT2D eigenvalue weighted by Crippen LogP contribution is -2.29. The third-order valence-electron chi connectivity index (χ3n) is 8.55. The monoisotopic (exact) mass is 669 g/mol. The number of ether oxygens (including phenoxy) is 2. The van der Waals surface area contributed by atoms with Crippen molar-refractivity contribution in [2.24, 2.45) is 10.2 Å². The molecule has 0 heterocycles. The molecule has 0 fully saturated rings. The molecule has 0 aliphatic heterocycles. The lowest BCUT2D eigenvalue weighted by atomic mass is 10.0. The maximum atomic E-state index is 13.3. The third-order valence-corrected chi connectivity index (χ3v) is 8.55. The lowest BCUT2D eigenvalue weighted by Gasteiger charge is -2.21. The molecule has 0 spiro atoms. The van der Waals surface area contributed by atoms with Crippen molar-refractivity contribution in [2.75, 3.05) is 39.4 Å². The van der Waals surface area contributed by atoms with Crippen LogP contribution in [0.3, 0.4) is 0 Å². The van der Waals surface area contributed by atoms with E-state index in [1.54, 1.807) is 18.2 Å². The van der Waals surface area contributed by atoms with Crippen molar-refractivity contribution in [1.82, 2.24) is 4.90 Å². The molecule has 11 heteroatoms. The van der Waals surface area contributed by atoms with Gasteiger partial charge in [0, 0.05) is 42.5 Å². The zero-order valence-corrected chi connectivity index (χ0v) is 30.1. The Morgan fingerprint density at radius 3 is 1.42 bits per heavy atom. The van der Waals surface area contributed by atoms with Crippen molar-refractivity contribution in [1.29, 1.82) is 0 Å². The number of azide groups is 2. The molecule has 0 saturated carbocycles. The SMILES string of the molecule is CCCCCCCCCCCCOC(=O)c1ccc(CN(CCN=[N+]=[N-])CCN=[N+]=[N-])cc1C(=O)OCCCCCCCCCCCC. The molecule has 0 amide bonds. The van der Waals surface area contributed by atoms with Crippen LogP contribution in [-0.4, -0.2) is 56.2 Å². The average Bonchev–Trinajstić information content (AvgIpc) is 3.09. The van der Waals surface area contributed by atoms with Crippen LogP contribution < -0.4 is 0 Å². The van der Waals surface area contributed by atoms with Crippen LogP contribution in [0, 0.1) is 0 Å². The second kappa shape index (κ2) is 31.0. The predicted molar refractivity (Wildman–Crippen MR) is 194 cm³/mol. The molecule has 11 nitrogen and oxygen atoms in total. The van der Waals surface area contributed by atoms with Gasteiger partial charge >= 0.3 is 11.9 Å². The molecule has 0 radical (unpaired) electrons. The van der Waals surface area contributed by atoms with Gasteiger partial charge in [-0.15, -0.1) is 0 Å². The van der Waals surface area contributed by atoms with E-state index in [1.165, 1.54) is 89.9 Å². The Morgan fingerprint density at radius 2 is 1.00 bits per heavy atom. The molecule has 0 aromatic heterocycles. The van der Waals surface area contributed by atoms with Crippen LogP contribution >= 0.6 is 0 Å². The molecule has 1 rings (SSSR count). The fraction of sp³-hybridized carbons (Fsp3) is 0.784. The number of benzene rings is 1. The molecule has 1 aromatic carbocycles. The van der Waals surface area contributed by atoms with Crippen molar-refractivity contribution < 1.29 is 19.1 Å². The van der Waals surface area contributed by atoms with Gasteiger partial charge in [0.15, 0.2) is 0 Å². The van der Waals surface area contributed by atoms with Crippen LogP contribution in [0.2, 0.25) is 0 Å². The molecular weight excluding hydrogens is 606 g/mol. The minimum absolute atomic E-state index is 0.192. The topological polar surface area (TPSA) is 153 Å². The zero-order valence-electron chi connectivity index (χ0n) is 30.1. The number of nitrogens with zero attached hydrogens (tertiary/aromatic N) is 7. The summed E-state index contributed by atoms with van der Waals surface area (Å²) in [4.78, 5) is 34.0. The van der Waals surface area contributed by atoms with E-state index in [0.717, 1.165) is 44.1 Å². The quantitative estimate of drug-likeness (QED) is 0.0245. The maximum Gasteiger partial charge on any atom is 0.339 e. The van der Waals surface area contributed by atoms with Gasteiger partial charge in [0.2, 0.25) is 0 Å². The van der Waals surface area contributed by atoms with Crippen molar-refractivity contribution in [3.05, 3.63) is 55.8 Å². The van der Waals surface area contributed by atoms with Gasteiger partial charge in [-0.1, -0.05) is 146 Å². The first-order valence-electron chi connectivity index (χ1n) is 18.8. The number of esters is 2. The largest absolute Gasteiger partial charge is 0.462 e. The standard InChI is InChI=1S/C37H63N7O4/c1-3-5-7-9-11-13-15-17-19-21-29-47-36(45)34-24-23-33(32-44(27-25-40-42-38)28-26-41-43-39)31-35(34)37(46)48-30-22-20-18-16-14-12-10-8-6-4-2/h23-24,31H,3-22,25-30,32H2,1-2H3. The molecule has 0 atom stereocenters. The molecule has 270 valence electrons. The summed E-state index contributed by atoms with van der Waals surface area (Å²) in [6.45, 7) is 6.91.